The Hall–Kier alpha value is -3.41. The molecule has 1 aliphatic carbocycles. The van der Waals surface area contributed by atoms with Gasteiger partial charge in [-0.25, -0.2) is 18.4 Å². The molecule has 0 saturated carbocycles. The van der Waals surface area contributed by atoms with Gasteiger partial charge in [0.1, 0.15) is 6.10 Å². The van der Waals surface area contributed by atoms with Gasteiger partial charge < -0.3 is 14.2 Å². The topological polar surface area (TPSA) is 123 Å². The average Bonchev–Trinajstić information content (AvgIpc) is 3.15. The number of aromatic nitrogens is 2. The Morgan fingerprint density at radius 3 is 2.71 bits per heavy atom. The van der Waals surface area contributed by atoms with Gasteiger partial charge in [0.05, 0.1) is 36.3 Å². The Bertz CT molecular complexity index is 1120. The molecule has 10 nitrogen and oxygen atoms in total. The highest BCUT2D eigenvalue weighted by molar-refractivity contribution is 5.90. The van der Waals surface area contributed by atoms with Gasteiger partial charge in [0.2, 0.25) is 0 Å². The Kier molecular flexibility index (Phi) is 7.10. The number of non-ortho nitro benzene ring substituents is 1. The lowest BCUT2D eigenvalue weighted by atomic mass is 9.92. The fraction of sp³-hybridized carbons (Fsp3) is 0.522. The summed E-state index contributed by atoms with van der Waals surface area (Å²) >= 11 is 0. The van der Waals surface area contributed by atoms with Crippen LogP contribution in [0.25, 0.3) is 0 Å². The molecule has 2 aromatic rings. The van der Waals surface area contributed by atoms with E-state index in [4.69, 9.17) is 14.2 Å². The standard InChI is InChI=1S/C23H25F2N3O7/c1-2-33-22(30)20-18-12-23(24,25)9-7-19(18)27(26-20)13-17-11-16(8-10-34-17)35-21(29)14-3-5-15(6-4-14)28(31)32/h3-6,16-17H,2,7-13H2,1H3/t16-,17-/m0/s1. The number of esters is 2. The van der Waals surface area contributed by atoms with Gasteiger partial charge in [-0.15, -0.1) is 0 Å². The van der Waals surface area contributed by atoms with E-state index < -0.39 is 41.4 Å². The maximum atomic E-state index is 14.1. The summed E-state index contributed by atoms with van der Waals surface area (Å²) in [4.78, 5) is 35.0. The van der Waals surface area contributed by atoms with E-state index in [1.54, 1.807) is 6.92 Å². The molecule has 0 amide bonds. The van der Waals surface area contributed by atoms with Crippen molar-refractivity contribution >= 4 is 17.6 Å². The summed E-state index contributed by atoms with van der Waals surface area (Å²) in [6.07, 6.45) is -0.908. The molecule has 2 aliphatic rings. The summed E-state index contributed by atoms with van der Waals surface area (Å²) in [5.41, 5.74) is 0.734. The van der Waals surface area contributed by atoms with Crippen LogP contribution in [0.1, 0.15) is 58.3 Å². The maximum absolute atomic E-state index is 14.1. The van der Waals surface area contributed by atoms with Gasteiger partial charge in [-0.1, -0.05) is 0 Å². The maximum Gasteiger partial charge on any atom is 0.359 e. The van der Waals surface area contributed by atoms with Crippen LogP contribution < -0.4 is 0 Å². The van der Waals surface area contributed by atoms with Crippen molar-refractivity contribution in [3.8, 4) is 0 Å². The number of nitro groups is 1. The average molecular weight is 493 g/mol. The summed E-state index contributed by atoms with van der Waals surface area (Å²) in [5, 5.41) is 15.1. The van der Waals surface area contributed by atoms with E-state index >= 15 is 0 Å². The first-order chi connectivity index (χ1) is 16.7. The zero-order valence-corrected chi connectivity index (χ0v) is 19.1. The molecule has 2 atom stereocenters. The summed E-state index contributed by atoms with van der Waals surface area (Å²) in [6, 6.07) is 5.13. The minimum atomic E-state index is -2.92. The number of benzene rings is 1. The SMILES string of the molecule is CCOC(=O)c1nn(C[C@@H]2C[C@@H](OC(=O)c3ccc([N+](=O)[O-])cc3)CCO2)c2c1CC(F)(F)CC2. The van der Waals surface area contributed by atoms with Crippen LogP contribution >= 0.6 is 0 Å². The van der Waals surface area contributed by atoms with Crippen LogP contribution in [0.5, 0.6) is 0 Å². The van der Waals surface area contributed by atoms with Crippen LogP contribution in [0.4, 0.5) is 14.5 Å². The van der Waals surface area contributed by atoms with Gasteiger partial charge in [0, 0.05) is 49.1 Å². The summed E-state index contributed by atoms with van der Waals surface area (Å²) in [5.74, 6) is -4.26. The minimum Gasteiger partial charge on any atom is -0.461 e. The number of rotatable bonds is 7. The van der Waals surface area contributed by atoms with Gasteiger partial charge in [-0.05, 0) is 25.5 Å². The number of hydrogen-bond acceptors (Lipinski definition) is 8. The number of nitro benzene ring substituents is 1. The van der Waals surface area contributed by atoms with Crippen LogP contribution in [0.3, 0.4) is 0 Å². The predicted octanol–water partition coefficient (Wildman–Crippen LogP) is 3.50. The van der Waals surface area contributed by atoms with Crippen molar-refractivity contribution in [2.24, 2.45) is 0 Å². The molecule has 1 aromatic carbocycles. The van der Waals surface area contributed by atoms with E-state index in [0.717, 1.165) is 0 Å². The second-order valence-corrected chi connectivity index (χ2v) is 8.56. The molecule has 1 aromatic heterocycles. The van der Waals surface area contributed by atoms with Crippen molar-refractivity contribution in [1.29, 1.82) is 0 Å². The second kappa shape index (κ2) is 10.1. The summed E-state index contributed by atoms with van der Waals surface area (Å²) in [6.45, 7) is 2.25. The van der Waals surface area contributed by atoms with Gasteiger partial charge in [-0.3, -0.25) is 14.8 Å². The number of fused-ring (bicyclic) bond motifs is 1. The van der Waals surface area contributed by atoms with Gasteiger partial charge >= 0.3 is 11.9 Å². The van der Waals surface area contributed by atoms with Crippen LogP contribution in [-0.4, -0.2) is 58.0 Å². The second-order valence-electron chi connectivity index (χ2n) is 8.56. The third-order valence-electron chi connectivity index (χ3n) is 6.08. The number of halogens is 2. The number of ether oxygens (including phenoxy) is 3. The van der Waals surface area contributed by atoms with Crippen molar-refractivity contribution in [1.82, 2.24) is 9.78 Å². The fourth-order valence-electron chi connectivity index (χ4n) is 4.37. The minimum absolute atomic E-state index is 0.0695. The molecule has 188 valence electrons. The van der Waals surface area contributed by atoms with Crippen molar-refractivity contribution in [2.45, 2.75) is 63.7 Å². The largest absolute Gasteiger partial charge is 0.461 e. The predicted molar refractivity (Wildman–Crippen MR) is 116 cm³/mol. The van der Waals surface area contributed by atoms with Crippen molar-refractivity contribution in [3.63, 3.8) is 0 Å². The molecule has 1 aliphatic heterocycles. The number of carbonyl (C=O) groups is 2. The molecule has 1 fully saturated rings. The lowest BCUT2D eigenvalue weighted by Crippen LogP contribution is -2.36. The number of alkyl halides is 2. The monoisotopic (exact) mass is 493 g/mol. The van der Waals surface area contributed by atoms with Gasteiger partial charge in [0.15, 0.2) is 5.69 Å². The Morgan fingerprint density at radius 2 is 2.03 bits per heavy atom. The molecule has 12 heteroatoms. The first kappa shape index (κ1) is 24.7. The highest BCUT2D eigenvalue weighted by Gasteiger charge is 2.40. The lowest BCUT2D eigenvalue weighted by molar-refractivity contribution is -0.384. The summed E-state index contributed by atoms with van der Waals surface area (Å²) < 4.78 is 46.0. The zero-order valence-electron chi connectivity index (χ0n) is 19.1. The number of nitrogens with zero attached hydrogens (tertiary/aromatic N) is 3. The van der Waals surface area contributed by atoms with Crippen molar-refractivity contribution < 1.29 is 37.5 Å². The lowest BCUT2D eigenvalue weighted by Gasteiger charge is -2.30. The number of carbonyl (C=O) groups excluding carboxylic acids is 2. The van der Waals surface area contributed by atoms with Crippen molar-refractivity contribution in [3.05, 3.63) is 56.9 Å². The highest BCUT2D eigenvalue weighted by atomic mass is 19.3. The van der Waals surface area contributed by atoms with E-state index in [1.165, 1.54) is 28.9 Å². The van der Waals surface area contributed by atoms with E-state index in [2.05, 4.69) is 5.10 Å². The van der Waals surface area contributed by atoms with E-state index in [-0.39, 0.29) is 48.5 Å². The normalized spacial score (nSPS) is 21.1. The van der Waals surface area contributed by atoms with E-state index in [9.17, 15) is 28.5 Å². The fourth-order valence-corrected chi connectivity index (χ4v) is 4.37. The summed E-state index contributed by atoms with van der Waals surface area (Å²) in [7, 11) is 0. The first-order valence-corrected chi connectivity index (χ1v) is 11.4. The molecule has 0 radical (unpaired) electrons. The third-order valence-corrected chi connectivity index (χ3v) is 6.08. The molecular weight excluding hydrogens is 468 g/mol. The zero-order chi connectivity index (χ0) is 25.2. The van der Waals surface area contributed by atoms with Crippen LogP contribution in [0.15, 0.2) is 24.3 Å². The molecule has 0 bridgehead atoms. The molecule has 35 heavy (non-hydrogen) atoms. The first-order valence-electron chi connectivity index (χ1n) is 11.4. The molecule has 0 N–H and O–H groups in total. The van der Waals surface area contributed by atoms with Gasteiger partial charge in [0.25, 0.3) is 11.6 Å². The molecule has 0 unspecified atom stereocenters. The molecule has 2 heterocycles. The Morgan fingerprint density at radius 1 is 1.29 bits per heavy atom. The molecule has 1 saturated heterocycles. The third kappa shape index (κ3) is 5.64. The molecular formula is C23H25F2N3O7. The van der Waals surface area contributed by atoms with Crippen molar-refractivity contribution in [2.75, 3.05) is 13.2 Å². The van der Waals surface area contributed by atoms with E-state index in [0.29, 0.717) is 25.1 Å². The smallest absolute Gasteiger partial charge is 0.359 e. The van der Waals surface area contributed by atoms with E-state index in [1.807, 2.05) is 0 Å². The molecule has 0 spiro atoms. The van der Waals surface area contributed by atoms with Crippen LogP contribution in [0, 0.1) is 10.1 Å². The van der Waals surface area contributed by atoms with Crippen LogP contribution in [0.2, 0.25) is 0 Å². The van der Waals surface area contributed by atoms with Gasteiger partial charge in [-0.2, -0.15) is 5.10 Å². The quantitative estimate of drug-likeness (QED) is 0.326. The highest BCUT2D eigenvalue weighted by Crippen LogP contribution is 2.35. The Labute approximate surface area is 199 Å². The van der Waals surface area contributed by atoms with Crippen LogP contribution in [-0.2, 0) is 33.6 Å². The Balaban J connectivity index is 1.44. The number of hydrogen-bond donors (Lipinski definition) is 0. The molecule has 4 rings (SSSR count).